The standard InChI is InChI=1S/C17H28N2O3/c1-11(2)18-9-5-8-14(16(18)20)19-13-7-4-3-6-12(13)10-15(19)17(21)22/h11-15H,3-10H2,1-2H3,(H,21,22). The molecule has 22 heavy (non-hydrogen) atoms. The predicted molar refractivity (Wildman–Crippen MR) is 83.5 cm³/mol. The van der Waals surface area contributed by atoms with Crippen LogP contribution in [0, 0.1) is 5.92 Å². The van der Waals surface area contributed by atoms with Gasteiger partial charge in [0.1, 0.15) is 6.04 Å². The van der Waals surface area contributed by atoms with E-state index in [-0.39, 0.29) is 18.0 Å². The van der Waals surface area contributed by atoms with Crippen molar-refractivity contribution in [1.82, 2.24) is 9.80 Å². The molecule has 1 amide bonds. The molecule has 2 saturated heterocycles. The summed E-state index contributed by atoms with van der Waals surface area (Å²) in [6, 6.07) is -0.182. The highest BCUT2D eigenvalue weighted by Gasteiger charge is 2.50. The summed E-state index contributed by atoms with van der Waals surface area (Å²) in [5, 5.41) is 9.66. The molecule has 1 N–H and O–H groups in total. The van der Waals surface area contributed by atoms with Gasteiger partial charge in [-0.05, 0) is 51.9 Å². The van der Waals surface area contributed by atoms with Gasteiger partial charge in [-0.15, -0.1) is 0 Å². The Kier molecular flexibility index (Phi) is 4.44. The molecule has 5 heteroatoms. The molecule has 124 valence electrons. The number of hydrogen-bond acceptors (Lipinski definition) is 3. The lowest BCUT2D eigenvalue weighted by molar-refractivity contribution is -0.150. The molecule has 5 nitrogen and oxygen atoms in total. The number of piperidine rings is 1. The van der Waals surface area contributed by atoms with Gasteiger partial charge < -0.3 is 10.0 Å². The minimum Gasteiger partial charge on any atom is -0.480 e. The van der Waals surface area contributed by atoms with Crippen LogP contribution in [0.2, 0.25) is 0 Å². The number of aliphatic carboxylic acids is 1. The van der Waals surface area contributed by atoms with Gasteiger partial charge in [0.05, 0.1) is 6.04 Å². The smallest absolute Gasteiger partial charge is 0.320 e. The molecule has 1 saturated carbocycles. The normalized spacial score (nSPS) is 36.7. The summed E-state index contributed by atoms with van der Waals surface area (Å²) in [6.07, 6.45) is 7.08. The number of likely N-dealkylation sites (tertiary alicyclic amines) is 2. The fourth-order valence-electron chi connectivity index (χ4n) is 4.84. The van der Waals surface area contributed by atoms with Crippen LogP contribution in [0.25, 0.3) is 0 Å². The molecule has 2 heterocycles. The van der Waals surface area contributed by atoms with Gasteiger partial charge in [-0.25, -0.2) is 0 Å². The van der Waals surface area contributed by atoms with Crippen molar-refractivity contribution in [2.24, 2.45) is 5.92 Å². The molecule has 4 atom stereocenters. The number of hydrogen-bond donors (Lipinski definition) is 1. The number of fused-ring (bicyclic) bond motifs is 1. The van der Waals surface area contributed by atoms with E-state index in [9.17, 15) is 14.7 Å². The summed E-state index contributed by atoms with van der Waals surface area (Å²) in [5.41, 5.74) is 0. The highest BCUT2D eigenvalue weighted by atomic mass is 16.4. The van der Waals surface area contributed by atoms with Gasteiger partial charge in [-0.2, -0.15) is 0 Å². The summed E-state index contributed by atoms with van der Waals surface area (Å²) >= 11 is 0. The molecule has 1 aliphatic carbocycles. The molecule has 2 aliphatic heterocycles. The van der Waals surface area contributed by atoms with Crippen molar-refractivity contribution in [2.75, 3.05) is 6.54 Å². The maximum Gasteiger partial charge on any atom is 0.320 e. The fraction of sp³-hybridized carbons (Fsp3) is 0.882. The van der Waals surface area contributed by atoms with E-state index in [1.54, 1.807) is 0 Å². The van der Waals surface area contributed by atoms with E-state index >= 15 is 0 Å². The number of carbonyl (C=O) groups is 2. The number of nitrogens with zero attached hydrogens (tertiary/aromatic N) is 2. The van der Waals surface area contributed by atoms with E-state index in [1.807, 2.05) is 18.7 Å². The first kappa shape index (κ1) is 15.8. The third kappa shape index (κ3) is 2.64. The van der Waals surface area contributed by atoms with Gasteiger partial charge in [0, 0.05) is 18.6 Å². The second-order valence-electron chi connectivity index (χ2n) is 7.43. The number of amides is 1. The Labute approximate surface area is 132 Å². The quantitative estimate of drug-likeness (QED) is 0.867. The van der Waals surface area contributed by atoms with Crippen molar-refractivity contribution >= 4 is 11.9 Å². The lowest BCUT2D eigenvalue weighted by atomic mass is 9.84. The first-order valence-electron chi connectivity index (χ1n) is 8.81. The summed E-state index contributed by atoms with van der Waals surface area (Å²) in [5.74, 6) is -0.125. The lowest BCUT2D eigenvalue weighted by Crippen LogP contribution is -2.59. The van der Waals surface area contributed by atoms with Gasteiger partial charge in [0.2, 0.25) is 5.91 Å². The molecule has 0 spiro atoms. The Bertz CT molecular complexity index is 451. The molecular weight excluding hydrogens is 280 g/mol. The van der Waals surface area contributed by atoms with Crippen molar-refractivity contribution in [3.05, 3.63) is 0 Å². The highest BCUT2D eigenvalue weighted by Crippen LogP contribution is 2.42. The third-order valence-electron chi connectivity index (χ3n) is 5.85. The van der Waals surface area contributed by atoms with Crippen LogP contribution < -0.4 is 0 Å². The molecule has 0 aromatic carbocycles. The molecule has 0 radical (unpaired) electrons. The van der Waals surface area contributed by atoms with Crippen LogP contribution >= 0.6 is 0 Å². The summed E-state index contributed by atoms with van der Waals surface area (Å²) < 4.78 is 0. The Balaban J connectivity index is 1.86. The van der Waals surface area contributed by atoms with E-state index < -0.39 is 12.0 Å². The second-order valence-corrected chi connectivity index (χ2v) is 7.43. The molecule has 0 aromatic rings. The van der Waals surface area contributed by atoms with Crippen LogP contribution in [0.3, 0.4) is 0 Å². The van der Waals surface area contributed by atoms with Crippen molar-refractivity contribution < 1.29 is 14.7 Å². The molecule has 0 aromatic heterocycles. The lowest BCUT2D eigenvalue weighted by Gasteiger charge is -2.43. The molecule has 4 unspecified atom stereocenters. The molecule has 0 bridgehead atoms. The van der Waals surface area contributed by atoms with Crippen LogP contribution in [-0.4, -0.2) is 57.5 Å². The monoisotopic (exact) mass is 308 g/mol. The summed E-state index contributed by atoms with van der Waals surface area (Å²) in [7, 11) is 0. The number of carboxylic acids is 1. The summed E-state index contributed by atoms with van der Waals surface area (Å²) in [4.78, 5) is 28.7. The van der Waals surface area contributed by atoms with Crippen LogP contribution in [0.1, 0.15) is 58.8 Å². The predicted octanol–water partition coefficient (Wildman–Crippen LogP) is 2.10. The van der Waals surface area contributed by atoms with Gasteiger partial charge in [0.25, 0.3) is 0 Å². The van der Waals surface area contributed by atoms with Crippen LogP contribution in [0.4, 0.5) is 0 Å². The summed E-state index contributed by atoms with van der Waals surface area (Å²) in [6.45, 7) is 4.90. The zero-order chi connectivity index (χ0) is 15.9. The SMILES string of the molecule is CC(C)N1CCCC(N2C(C(=O)O)CC3CCCCC32)C1=O. The number of carbonyl (C=O) groups excluding carboxylic acids is 1. The average Bonchev–Trinajstić information content (AvgIpc) is 2.87. The average molecular weight is 308 g/mol. The van der Waals surface area contributed by atoms with Crippen LogP contribution in [0.5, 0.6) is 0 Å². The highest BCUT2D eigenvalue weighted by molar-refractivity contribution is 5.84. The first-order valence-corrected chi connectivity index (χ1v) is 8.81. The zero-order valence-corrected chi connectivity index (χ0v) is 13.7. The van der Waals surface area contributed by atoms with E-state index in [4.69, 9.17) is 0 Å². The van der Waals surface area contributed by atoms with Crippen molar-refractivity contribution in [3.63, 3.8) is 0 Å². The number of carboxylic acid groups (broad SMARTS) is 1. The molecule has 3 rings (SSSR count). The van der Waals surface area contributed by atoms with E-state index in [1.165, 1.54) is 12.8 Å². The molecule has 3 aliphatic rings. The van der Waals surface area contributed by atoms with Gasteiger partial charge in [0.15, 0.2) is 0 Å². The van der Waals surface area contributed by atoms with Crippen LogP contribution in [-0.2, 0) is 9.59 Å². The zero-order valence-electron chi connectivity index (χ0n) is 13.7. The van der Waals surface area contributed by atoms with Gasteiger partial charge in [-0.1, -0.05) is 12.8 Å². The minimum atomic E-state index is -0.746. The van der Waals surface area contributed by atoms with E-state index in [0.717, 1.165) is 38.6 Å². The largest absolute Gasteiger partial charge is 0.480 e. The van der Waals surface area contributed by atoms with Crippen LogP contribution in [0.15, 0.2) is 0 Å². The van der Waals surface area contributed by atoms with Crippen molar-refractivity contribution in [3.8, 4) is 0 Å². The second kappa shape index (κ2) is 6.19. The van der Waals surface area contributed by atoms with Crippen molar-refractivity contribution in [2.45, 2.75) is 83.0 Å². The van der Waals surface area contributed by atoms with E-state index in [0.29, 0.717) is 12.0 Å². The third-order valence-corrected chi connectivity index (χ3v) is 5.85. The van der Waals surface area contributed by atoms with E-state index in [2.05, 4.69) is 4.90 Å². The molecular formula is C17H28N2O3. The Morgan fingerprint density at radius 3 is 2.59 bits per heavy atom. The maximum absolute atomic E-state index is 12.9. The van der Waals surface area contributed by atoms with Gasteiger partial charge >= 0.3 is 5.97 Å². The Hall–Kier alpha value is -1.10. The fourth-order valence-corrected chi connectivity index (χ4v) is 4.84. The molecule has 3 fully saturated rings. The van der Waals surface area contributed by atoms with Crippen molar-refractivity contribution in [1.29, 1.82) is 0 Å². The number of rotatable bonds is 3. The Morgan fingerprint density at radius 2 is 1.91 bits per heavy atom. The first-order chi connectivity index (χ1) is 10.5. The topological polar surface area (TPSA) is 60.9 Å². The van der Waals surface area contributed by atoms with Gasteiger partial charge in [-0.3, -0.25) is 14.5 Å². The minimum absolute atomic E-state index is 0.152. The maximum atomic E-state index is 12.9. The Morgan fingerprint density at radius 1 is 1.18 bits per heavy atom.